The summed E-state index contributed by atoms with van der Waals surface area (Å²) in [5.41, 5.74) is 7.60. The highest BCUT2D eigenvalue weighted by atomic mass is 35.5. The van der Waals surface area contributed by atoms with Gasteiger partial charge in [0.05, 0.1) is 6.42 Å². The lowest BCUT2D eigenvalue weighted by molar-refractivity contribution is -0.137. The molecular weight excluding hydrogens is 299 g/mol. The first kappa shape index (κ1) is 17.1. The Labute approximate surface area is 129 Å². The van der Waals surface area contributed by atoms with Crippen molar-refractivity contribution in [3.8, 4) is 0 Å². The second-order valence-corrected chi connectivity index (χ2v) is 5.25. The minimum atomic E-state index is -0.843. The van der Waals surface area contributed by atoms with Gasteiger partial charge in [-0.15, -0.1) is 23.2 Å². The minimum absolute atomic E-state index is 0.0327. The monoisotopic (exact) mass is 318 g/mol. The molecule has 0 bridgehead atoms. The van der Waals surface area contributed by atoms with Gasteiger partial charge in [-0.3, -0.25) is 4.79 Å². The molecule has 0 amide bonds. The number of carboxylic acids is 1. The first-order chi connectivity index (χ1) is 9.62. The lowest BCUT2D eigenvalue weighted by Crippen LogP contribution is -2.27. The summed E-state index contributed by atoms with van der Waals surface area (Å²) in [6, 6.07) is 7.75. The molecule has 6 heteroatoms. The summed E-state index contributed by atoms with van der Waals surface area (Å²) in [7, 11) is 0. The van der Waals surface area contributed by atoms with Crippen molar-refractivity contribution >= 4 is 34.9 Å². The number of anilines is 1. The molecule has 20 heavy (non-hydrogen) atoms. The predicted molar refractivity (Wildman–Crippen MR) is 84.1 cm³/mol. The van der Waals surface area contributed by atoms with E-state index < -0.39 is 5.97 Å². The van der Waals surface area contributed by atoms with E-state index in [2.05, 4.69) is 4.90 Å². The molecule has 1 aromatic carbocycles. The number of carboxylic acid groups (broad SMARTS) is 1. The molecule has 3 N–H and O–H groups in total. The van der Waals surface area contributed by atoms with E-state index >= 15 is 0 Å². The molecule has 0 aromatic heterocycles. The Morgan fingerprint density at radius 3 is 2.45 bits per heavy atom. The Morgan fingerprint density at radius 2 is 1.95 bits per heavy atom. The van der Waals surface area contributed by atoms with E-state index in [1.165, 1.54) is 0 Å². The van der Waals surface area contributed by atoms with Crippen LogP contribution in [0, 0.1) is 0 Å². The van der Waals surface area contributed by atoms with Crippen molar-refractivity contribution < 1.29 is 9.90 Å². The standard InChI is InChI=1S/C14H20Cl2N2O2/c15-4-6-18(7-5-16)13-3-1-2-11(8-13)12(10-17)9-14(19)20/h1-3,8,12H,4-7,9-10,17H2,(H,19,20). The minimum Gasteiger partial charge on any atom is -0.481 e. The smallest absolute Gasteiger partial charge is 0.304 e. The van der Waals surface area contributed by atoms with Gasteiger partial charge in [0, 0.05) is 36.5 Å². The van der Waals surface area contributed by atoms with Crippen LogP contribution in [0.1, 0.15) is 17.9 Å². The largest absolute Gasteiger partial charge is 0.481 e. The summed E-state index contributed by atoms with van der Waals surface area (Å²) >= 11 is 11.6. The van der Waals surface area contributed by atoms with E-state index in [0.29, 0.717) is 31.4 Å². The summed E-state index contributed by atoms with van der Waals surface area (Å²) in [6.45, 7) is 1.70. The van der Waals surface area contributed by atoms with Crippen LogP contribution in [0.25, 0.3) is 0 Å². The number of hydrogen-bond acceptors (Lipinski definition) is 3. The highest BCUT2D eigenvalue weighted by Gasteiger charge is 2.15. The number of nitrogens with two attached hydrogens (primary N) is 1. The van der Waals surface area contributed by atoms with Gasteiger partial charge >= 0.3 is 5.97 Å². The number of benzene rings is 1. The molecule has 0 saturated carbocycles. The number of rotatable bonds is 9. The Bertz CT molecular complexity index is 423. The third-order valence-corrected chi connectivity index (χ3v) is 3.46. The molecular formula is C14H20Cl2N2O2. The maximum Gasteiger partial charge on any atom is 0.304 e. The molecule has 1 atom stereocenters. The van der Waals surface area contributed by atoms with Crippen molar-refractivity contribution in [2.45, 2.75) is 12.3 Å². The molecule has 1 unspecified atom stereocenters. The predicted octanol–water partition coefficient (Wildman–Crippen LogP) is 2.49. The number of nitrogens with zero attached hydrogens (tertiary/aromatic N) is 1. The Morgan fingerprint density at radius 1 is 1.30 bits per heavy atom. The van der Waals surface area contributed by atoms with Crippen LogP contribution in [0.15, 0.2) is 24.3 Å². The molecule has 1 aromatic rings. The average molecular weight is 319 g/mol. The number of halogens is 2. The van der Waals surface area contributed by atoms with Crippen molar-refractivity contribution in [1.82, 2.24) is 0 Å². The normalized spacial score (nSPS) is 12.2. The van der Waals surface area contributed by atoms with E-state index in [4.69, 9.17) is 34.0 Å². The Balaban J connectivity index is 2.94. The second kappa shape index (κ2) is 9.06. The summed E-state index contributed by atoms with van der Waals surface area (Å²) < 4.78 is 0. The maximum atomic E-state index is 10.9. The first-order valence-corrected chi connectivity index (χ1v) is 7.58. The van der Waals surface area contributed by atoms with Crippen molar-refractivity contribution in [1.29, 1.82) is 0 Å². The molecule has 1 rings (SSSR count). The van der Waals surface area contributed by atoms with Crippen LogP contribution in [-0.4, -0.2) is 42.5 Å². The highest BCUT2D eigenvalue weighted by molar-refractivity contribution is 6.18. The number of aliphatic carboxylic acids is 1. The van der Waals surface area contributed by atoms with Gasteiger partial charge in [-0.2, -0.15) is 0 Å². The van der Waals surface area contributed by atoms with Crippen molar-refractivity contribution in [3.05, 3.63) is 29.8 Å². The third-order valence-electron chi connectivity index (χ3n) is 3.12. The summed E-state index contributed by atoms with van der Waals surface area (Å²) in [5, 5.41) is 8.92. The van der Waals surface area contributed by atoms with Gasteiger partial charge in [-0.25, -0.2) is 0 Å². The highest BCUT2D eigenvalue weighted by Crippen LogP contribution is 2.24. The quantitative estimate of drug-likeness (QED) is 0.686. The molecule has 0 radical (unpaired) electrons. The lowest BCUT2D eigenvalue weighted by atomic mass is 9.95. The second-order valence-electron chi connectivity index (χ2n) is 4.49. The van der Waals surface area contributed by atoms with Crippen LogP contribution in [0.3, 0.4) is 0 Å². The van der Waals surface area contributed by atoms with Gasteiger partial charge < -0.3 is 15.7 Å². The zero-order chi connectivity index (χ0) is 15.0. The van der Waals surface area contributed by atoms with Crippen LogP contribution < -0.4 is 10.6 Å². The zero-order valence-electron chi connectivity index (χ0n) is 11.3. The van der Waals surface area contributed by atoms with Gasteiger partial charge in [-0.1, -0.05) is 12.1 Å². The van der Waals surface area contributed by atoms with Gasteiger partial charge in [0.1, 0.15) is 0 Å². The summed E-state index contributed by atoms with van der Waals surface area (Å²) in [5.74, 6) is -0.00171. The van der Waals surface area contributed by atoms with Gasteiger partial charge in [0.2, 0.25) is 0 Å². The van der Waals surface area contributed by atoms with E-state index in [1.54, 1.807) is 0 Å². The maximum absolute atomic E-state index is 10.9. The van der Waals surface area contributed by atoms with E-state index in [0.717, 1.165) is 11.3 Å². The molecule has 0 aliphatic heterocycles. The molecule has 0 spiro atoms. The Kier molecular flexibility index (Phi) is 7.73. The summed E-state index contributed by atoms with van der Waals surface area (Å²) in [6.07, 6.45) is 0.0327. The van der Waals surface area contributed by atoms with Gasteiger partial charge in [-0.05, 0) is 24.2 Å². The molecule has 0 aliphatic carbocycles. The van der Waals surface area contributed by atoms with E-state index in [-0.39, 0.29) is 12.3 Å². The van der Waals surface area contributed by atoms with Crippen LogP contribution in [0.4, 0.5) is 5.69 Å². The fourth-order valence-corrected chi connectivity index (χ4v) is 2.51. The van der Waals surface area contributed by atoms with Crippen molar-refractivity contribution in [2.75, 3.05) is 36.3 Å². The number of alkyl halides is 2. The molecule has 112 valence electrons. The fraction of sp³-hybridized carbons (Fsp3) is 0.500. The van der Waals surface area contributed by atoms with Crippen LogP contribution in [0.2, 0.25) is 0 Å². The van der Waals surface area contributed by atoms with Crippen LogP contribution >= 0.6 is 23.2 Å². The molecule has 0 fully saturated rings. The van der Waals surface area contributed by atoms with Crippen molar-refractivity contribution in [3.63, 3.8) is 0 Å². The van der Waals surface area contributed by atoms with Gasteiger partial charge in [0.15, 0.2) is 0 Å². The zero-order valence-corrected chi connectivity index (χ0v) is 12.8. The SMILES string of the molecule is NCC(CC(=O)O)c1cccc(N(CCCl)CCCl)c1. The van der Waals surface area contributed by atoms with Crippen LogP contribution in [-0.2, 0) is 4.79 Å². The fourth-order valence-electron chi connectivity index (χ4n) is 2.10. The number of hydrogen-bond donors (Lipinski definition) is 2. The number of carbonyl (C=O) groups is 1. The first-order valence-electron chi connectivity index (χ1n) is 6.51. The average Bonchev–Trinajstić information content (AvgIpc) is 2.44. The van der Waals surface area contributed by atoms with Gasteiger partial charge in [0.25, 0.3) is 0 Å². The molecule has 0 aliphatic rings. The molecule has 0 saturated heterocycles. The van der Waals surface area contributed by atoms with E-state index in [9.17, 15) is 4.79 Å². The van der Waals surface area contributed by atoms with Crippen LogP contribution in [0.5, 0.6) is 0 Å². The topological polar surface area (TPSA) is 66.6 Å². The molecule has 4 nitrogen and oxygen atoms in total. The van der Waals surface area contributed by atoms with E-state index in [1.807, 2.05) is 24.3 Å². The third kappa shape index (κ3) is 5.19. The van der Waals surface area contributed by atoms with Crippen molar-refractivity contribution in [2.24, 2.45) is 5.73 Å². The summed E-state index contributed by atoms with van der Waals surface area (Å²) in [4.78, 5) is 12.9. The molecule has 0 heterocycles. The Hall–Kier alpha value is -0.970. The lowest BCUT2D eigenvalue weighted by Gasteiger charge is -2.24.